The molecular weight excluding hydrogens is 162 g/mol. The van der Waals surface area contributed by atoms with Gasteiger partial charge < -0.3 is 15.4 Å². The van der Waals surface area contributed by atoms with Crippen LogP contribution in [0.4, 0.5) is 0 Å². The summed E-state index contributed by atoms with van der Waals surface area (Å²) in [6.07, 6.45) is 0.119. The van der Waals surface area contributed by atoms with Crippen LogP contribution < -0.4 is 5.73 Å². The number of nitrogens with zero attached hydrogens (tertiary/aromatic N) is 2. The number of carbonyl (C=O) groups is 1. The van der Waals surface area contributed by atoms with Crippen molar-refractivity contribution in [3.63, 3.8) is 0 Å². The van der Waals surface area contributed by atoms with Crippen LogP contribution in [-0.4, -0.2) is 27.5 Å². The average Bonchev–Trinajstić information content (AvgIpc) is 2.36. The van der Waals surface area contributed by atoms with Crippen LogP contribution in [0.3, 0.4) is 0 Å². The first-order valence-electron chi connectivity index (χ1n) is 3.37. The normalized spacial score (nSPS) is 12.8. The summed E-state index contributed by atoms with van der Waals surface area (Å²) in [7, 11) is 0. The second-order valence-electron chi connectivity index (χ2n) is 2.43. The van der Waals surface area contributed by atoms with E-state index in [1.165, 1.54) is 0 Å². The zero-order chi connectivity index (χ0) is 9.14. The molecule has 1 aromatic rings. The maximum absolute atomic E-state index is 10.3. The fourth-order valence-electron chi connectivity index (χ4n) is 0.725. The molecule has 3 N–H and O–H groups in total. The van der Waals surface area contributed by atoms with Gasteiger partial charge in [0, 0.05) is 11.7 Å². The predicted molar refractivity (Wildman–Crippen MR) is 38.4 cm³/mol. The van der Waals surface area contributed by atoms with E-state index in [2.05, 4.69) is 14.9 Å². The van der Waals surface area contributed by atoms with Crippen LogP contribution in [0.15, 0.2) is 4.52 Å². The van der Waals surface area contributed by atoms with Gasteiger partial charge >= 0.3 is 5.97 Å². The topological polar surface area (TPSA) is 102 Å². The van der Waals surface area contributed by atoms with E-state index in [1.54, 1.807) is 6.92 Å². The summed E-state index contributed by atoms with van der Waals surface area (Å²) in [5.41, 5.74) is 5.84. The van der Waals surface area contributed by atoms with Crippen LogP contribution in [0, 0.1) is 6.92 Å². The fourth-order valence-corrected chi connectivity index (χ4v) is 0.725. The van der Waals surface area contributed by atoms with Crippen molar-refractivity contribution in [2.24, 2.45) is 5.73 Å². The van der Waals surface area contributed by atoms with Crippen molar-refractivity contribution >= 4 is 5.97 Å². The van der Waals surface area contributed by atoms with Gasteiger partial charge in [-0.05, 0) is 6.92 Å². The Balaban J connectivity index is 2.64. The minimum Gasteiger partial charge on any atom is -0.480 e. The standard InChI is InChI=1S/C6H9N3O3/c1-3-5(12-9-8-3)2-4(7)6(10)11/h4H,2,7H2,1H3,(H,10,11). The number of aliphatic carboxylic acids is 1. The molecule has 0 bridgehead atoms. The van der Waals surface area contributed by atoms with Gasteiger partial charge in [-0.15, -0.1) is 5.10 Å². The van der Waals surface area contributed by atoms with Crippen molar-refractivity contribution in [1.29, 1.82) is 0 Å². The van der Waals surface area contributed by atoms with Gasteiger partial charge in [0.05, 0.1) is 0 Å². The summed E-state index contributed by atoms with van der Waals surface area (Å²) in [6.45, 7) is 1.68. The highest BCUT2D eigenvalue weighted by molar-refractivity contribution is 5.73. The molecule has 0 amide bonds. The summed E-state index contributed by atoms with van der Waals surface area (Å²) in [6, 6.07) is -0.960. The van der Waals surface area contributed by atoms with E-state index < -0.39 is 12.0 Å². The second-order valence-corrected chi connectivity index (χ2v) is 2.43. The lowest BCUT2D eigenvalue weighted by molar-refractivity contribution is -0.138. The third-order valence-electron chi connectivity index (χ3n) is 1.47. The smallest absolute Gasteiger partial charge is 0.320 e. The zero-order valence-corrected chi connectivity index (χ0v) is 6.52. The number of aromatic nitrogens is 2. The maximum atomic E-state index is 10.3. The van der Waals surface area contributed by atoms with E-state index >= 15 is 0 Å². The highest BCUT2D eigenvalue weighted by Crippen LogP contribution is 2.04. The number of rotatable bonds is 3. The highest BCUT2D eigenvalue weighted by atomic mass is 16.5. The Morgan fingerprint density at radius 1 is 1.83 bits per heavy atom. The van der Waals surface area contributed by atoms with Gasteiger partial charge in [-0.3, -0.25) is 4.79 Å². The predicted octanol–water partition coefficient (Wildman–Crippen LogP) is -0.668. The van der Waals surface area contributed by atoms with Crippen LogP contribution >= 0.6 is 0 Å². The van der Waals surface area contributed by atoms with Gasteiger partial charge in [-0.2, -0.15) is 0 Å². The molecule has 0 saturated carbocycles. The van der Waals surface area contributed by atoms with E-state index in [-0.39, 0.29) is 6.42 Å². The minimum atomic E-state index is -1.06. The highest BCUT2D eigenvalue weighted by Gasteiger charge is 2.16. The van der Waals surface area contributed by atoms with Crippen LogP contribution in [0.25, 0.3) is 0 Å². The Morgan fingerprint density at radius 3 is 2.92 bits per heavy atom. The second kappa shape index (κ2) is 3.31. The van der Waals surface area contributed by atoms with Gasteiger partial charge in [0.15, 0.2) is 5.76 Å². The quantitative estimate of drug-likeness (QED) is 0.625. The number of carboxylic acid groups (broad SMARTS) is 1. The third-order valence-corrected chi connectivity index (χ3v) is 1.47. The average molecular weight is 171 g/mol. The molecule has 1 heterocycles. The van der Waals surface area contributed by atoms with Crippen LogP contribution in [-0.2, 0) is 11.2 Å². The van der Waals surface area contributed by atoms with E-state index in [4.69, 9.17) is 10.8 Å². The van der Waals surface area contributed by atoms with Gasteiger partial charge in [0.25, 0.3) is 0 Å². The van der Waals surface area contributed by atoms with Gasteiger partial charge in [-0.1, -0.05) is 0 Å². The SMILES string of the molecule is Cc1nnoc1CC(N)C(=O)O. The first kappa shape index (κ1) is 8.66. The molecular formula is C6H9N3O3. The molecule has 0 aliphatic heterocycles. The molecule has 12 heavy (non-hydrogen) atoms. The van der Waals surface area contributed by atoms with Gasteiger partial charge in [0.1, 0.15) is 11.7 Å². The Morgan fingerprint density at radius 2 is 2.50 bits per heavy atom. The molecule has 1 unspecified atom stereocenters. The van der Waals surface area contributed by atoms with Crippen molar-refractivity contribution in [3.8, 4) is 0 Å². The summed E-state index contributed by atoms with van der Waals surface area (Å²) >= 11 is 0. The van der Waals surface area contributed by atoms with Crippen LogP contribution in [0.2, 0.25) is 0 Å². The Bertz CT molecular complexity index is 283. The van der Waals surface area contributed by atoms with E-state index in [9.17, 15) is 4.79 Å². The van der Waals surface area contributed by atoms with Gasteiger partial charge in [0.2, 0.25) is 0 Å². The van der Waals surface area contributed by atoms with Crippen LogP contribution in [0.5, 0.6) is 0 Å². The molecule has 6 nitrogen and oxygen atoms in total. The molecule has 0 aliphatic rings. The summed E-state index contributed by atoms with van der Waals surface area (Å²) in [4.78, 5) is 10.3. The van der Waals surface area contributed by atoms with Gasteiger partial charge in [-0.25, -0.2) is 0 Å². The summed E-state index contributed by atoms with van der Waals surface area (Å²) in [5, 5.41) is 15.3. The molecule has 6 heteroatoms. The summed E-state index contributed by atoms with van der Waals surface area (Å²) in [5.74, 6) is -0.643. The van der Waals surface area contributed by atoms with Crippen molar-refractivity contribution in [3.05, 3.63) is 11.5 Å². The molecule has 0 radical (unpaired) electrons. The molecule has 1 atom stereocenters. The number of carboxylic acids is 1. The molecule has 0 saturated heterocycles. The Kier molecular flexibility index (Phi) is 2.39. The maximum Gasteiger partial charge on any atom is 0.320 e. The lowest BCUT2D eigenvalue weighted by Gasteiger charge is -2.01. The van der Waals surface area contributed by atoms with Crippen molar-refractivity contribution in [2.45, 2.75) is 19.4 Å². The van der Waals surface area contributed by atoms with E-state index in [0.717, 1.165) is 0 Å². The fraction of sp³-hybridized carbons (Fsp3) is 0.500. The van der Waals surface area contributed by atoms with E-state index in [1.807, 2.05) is 0 Å². The molecule has 0 fully saturated rings. The number of hydrogen-bond donors (Lipinski definition) is 2. The Labute approximate surface area is 68.3 Å². The lowest BCUT2D eigenvalue weighted by Crippen LogP contribution is -2.32. The molecule has 0 aromatic carbocycles. The van der Waals surface area contributed by atoms with Crippen LogP contribution in [0.1, 0.15) is 11.5 Å². The minimum absolute atomic E-state index is 0.119. The number of aryl methyl sites for hydroxylation is 1. The largest absolute Gasteiger partial charge is 0.480 e. The first-order chi connectivity index (χ1) is 5.61. The molecule has 1 aromatic heterocycles. The van der Waals surface area contributed by atoms with Crippen molar-refractivity contribution in [2.75, 3.05) is 0 Å². The number of hydrogen-bond acceptors (Lipinski definition) is 5. The summed E-state index contributed by atoms with van der Waals surface area (Å²) < 4.78 is 4.68. The Hall–Kier alpha value is -1.43. The number of nitrogens with two attached hydrogens (primary N) is 1. The molecule has 0 spiro atoms. The third kappa shape index (κ3) is 1.79. The van der Waals surface area contributed by atoms with Crippen molar-refractivity contribution in [1.82, 2.24) is 10.4 Å². The first-order valence-corrected chi connectivity index (χ1v) is 3.37. The molecule has 1 rings (SSSR count). The monoisotopic (exact) mass is 171 g/mol. The zero-order valence-electron chi connectivity index (χ0n) is 6.52. The van der Waals surface area contributed by atoms with Crippen molar-refractivity contribution < 1.29 is 14.4 Å². The van der Waals surface area contributed by atoms with E-state index in [0.29, 0.717) is 11.5 Å². The lowest BCUT2D eigenvalue weighted by atomic mass is 10.1. The molecule has 0 aliphatic carbocycles. The molecule has 66 valence electrons.